The van der Waals surface area contributed by atoms with Gasteiger partial charge in [-0.3, -0.25) is 19.3 Å². The molecular formula is C27H26N4O4S2. The SMILES string of the molecule is CCOC(=O)C=c1[nH]n(-c2ccccc2)c(=O)c1=c1s/c(=C2/Sc3ccccc3N2CC)c(=O)n1CC. The minimum atomic E-state index is -0.569. The highest BCUT2D eigenvalue weighted by Crippen LogP contribution is 2.45. The lowest BCUT2D eigenvalue weighted by molar-refractivity contribution is -0.135. The first kappa shape index (κ1) is 24.9. The molecule has 0 fully saturated rings. The summed E-state index contributed by atoms with van der Waals surface area (Å²) in [5.74, 6) is -0.569. The van der Waals surface area contributed by atoms with Gasteiger partial charge in [-0.1, -0.05) is 42.1 Å². The van der Waals surface area contributed by atoms with Crippen LogP contribution in [0.3, 0.4) is 0 Å². The molecular weight excluding hydrogens is 508 g/mol. The third kappa shape index (κ3) is 4.36. The Bertz CT molecular complexity index is 1820. The Labute approximate surface area is 220 Å². The van der Waals surface area contributed by atoms with Crippen molar-refractivity contribution >= 4 is 45.9 Å². The highest BCUT2D eigenvalue weighted by molar-refractivity contribution is 8.08. The zero-order chi connectivity index (χ0) is 26.1. The van der Waals surface area contributed by atoms with Gasteiger partial charge in [0.1, 0.15) is 19.4 Å². The van der Waals surface area contributed by atoms with E-state index < -0.39 is 5.97 Å². The lowest BCUT2D eigenvalue weighted by Crippen LogP contribution is -2.32. The number of aromatic amines is 1. The molecule has 1 N–H and O–H groups in total. The van der Waals surface area contributed by atoms with E-state index in [1.807, 2.05) is 56.3 Å². The van der Waals surface area contributed by atoms with Gasteiger partial charge in [0.2, 0.25) is 0 Å². The molecule has 1 aliphatic rings. The second kappa shape index (κ2) is 10.3. The van der Waals surface area contributed by atoms with Crippen molar-refractivity contribution in [3.05, 3.63) is 95.1 Å². The zero-order valence-corrected chi connectivity index (χ0v) is 22.3. The van der Waals surface area contributed by atoms with Crippen molar-refractivity contribution in [2.24, 2.45) is 0 Å². The smallest absolute Gasteiger partial charge is 0.332 e. The Morgan fingerprint density at radius 3 is 2.41 bits per heavy atom. The third-order valence-corrected chi connectivity index (χ3v) is 8.52. The minimum Gasteiger partial charge on any atom is -0.463 e. The number of benzene rings is 2. The molecule has 8 nitrogen and oxygen atoms in total. The van der Waals surface area contributed by atoms with Crippen LogP contribution in [0.2, 0.25) is 0 Å². The molecule has 0 aliphatic carbocycles. The van der Waals surface area contributed by atoms with Crippen LogP contribution in [-0.4, -0.2) is 33.5 Å². The van der Waals surface area contributed by atoms with Crippen LogP contribution >= 0.6 is 23.1 Å². The fourth-order valence-corrected chi connectivity index (χ4v) is 6.98. The van der Waals surface area contributed by atoms with Gasteiger partial charge in [-0.25, -0.2) is 9.48 Å². The number of esters is 1. The van der Waals surface area contributed by atoms with Gasteiger partial charge in [0.05, 0.1) is 23.3 Å². The highest BCUT2D eigenvalue weighted by Gasteiger charge is 2.26. The van der Waals surface area contributed by atoms with Gasteiger partial charge in [0, 0.05) is 24.1 Å². The summed E-state index contributed by atoms with van der Waals surface area (Å²) in [7, 11) is 0. The summed E-state index contributed by atoms with van der Waals surface area (Å²) in [6.45, 7) is 6.92. The summed E-state index contributed by atoms with van der Waals surface area (Å²) >= 11 is 2.83. The number of anilines is 1. The normalized spacial score (nSPS) is 15.8. The molecule has 37 heavy (non-hydrogen) atoms. The first-order valence-corrected chi connectivity index (χ1v) is 13.7. The van der Waals surface area contributed by atoms with E-state index in [9.17, 15) is 14.4 Å². The molecule has 5 rings (SSSR count). The monoisotopic (exact) mass is 534 g/mol. The van der Waals surface area contributed by atoms with Crippen molar-refractivity contribution in [3.63, 3.8) is 0 Å². The molecule has 0 saturated heterocycles. The number of nitrogens with zero attached hydrogens (tertiary/aromatic N) is 3. The Morgan fingerprint density at radius 2 is 1.70 bits per heavy atom. The van der Waals surface area contributed by atoms with E-state index in [2.05, 4.69) is 10.00 Å². The molecule has 0 saturated carbocycles. The fraction of sp³-hybridized carbons (Fsp3) is 0.222. The summed E-state index contributed by atoms with van der Waals surface area (Å²) < 4.78 is 9.16. The predicted molar refractivity (Wildman–Crippen MR) is 147 cm³/mol. The number of hydrogen-bond acceptors (Lipinski definition) is 7. The van der Waals surface area contributed by atoms with Crippen molar-refractivity contribution in [3.8, 4) is 5.69 Å². The van der Waals surface area contributed by atoms with Crippen LogP contribution in [0.4, 0.5) is 5.69 Å². The summed E-state index contributed by atoms with van der Waals surface area (Å²) in [4.78, 5) is 43.1. The van der Waals surface area contributed by atoms with Gasteiger partial charge < -0.3 is 9.64 Å². The predicted octanol–water partition coefficient (Wildman–Crippen LogP) is 2.74. The second-order valence-electron chi connectivity index (χ2n) is 8.18. The minimum absolute atomic E-state index is 0.162. The standard InChI is InChI=1S/C27H26N4O4S2/c1-4-29-19-14-10-11-15-20(19)36-27(29)23-25(34)30(5-2)26(37-23)22-18(16-21(32)35-6-3)28-31(24(22)33)17-12-8-7-9-13-17/h7-16,28H,4-6H2,1-3H3/b18-16?,26-22?,27-23+. The van der Waals surface area contributed by atoms with Gasteiger partial charge in [-0.05, 0) is 45.0 Å². The molecule has 0 atom stereocenters. The van der Waals surface area contributed by atoms with Crippen molar-refractivity contribution in [1.29, 1.82) is 0 Å². The first-order chi connectivity index (χ1) is 18.0. The largest absolute Gasteiger partial charge is 0.463 e. The topological polar surface area (TPSA) is 89.3 Å². The Kier molecular flexibility index (Phi) is 6.94. The van der Waals surface area contributed by atoms with Crippen LogP contribution in [-0.2, 0) is 16.1 Å². The molecule has 1 aliphatic heterocycles. The van der Waals surface area contributed by atoms with E-state index in [0.29, 0.717) is 33.3 Å². The van der Waals surface area contributed by atoms with Crippen LogP contribution in [0.25, 0.3) is 16.8 Å². The van der Waals surface area contributed by atoms with E-state index in [0.717, 1.165) is 15.6 Å². The van der Waals surface area contributed by atoms with E-state index in [-0.39, 0.29) is 22.9 Å². The molecule has 2 aromatic carbocycles. The quantitative estimate of drug-likeness (QED) is 0.396. The molecule has 0 spiro atoms. The average molecular weight is 535 g/mol. The Hall–Kier alpha value is -3.76. The fourth-order valence-electron chi connectivity index (χ4n) is 4.36. The molecule has 0 amide bonds. The summed E-state index contributed by atoms with van der Waals surface area (Å²) in [6.07, 6.45) is 1.27. The Balaban J connectivity index is 1.92. The molecule has 3 heterocycles. The van der Waals surface area contributed by atoms with Crippen molar-refractivity contribution in [2.45, 2.75) is 32.2 Å². The number of carbonyl (C=O) groups is 1. The molecule has 2 aromatic heterocycles. The number of rotatable bonds is 5. The third-order valence-electron chi connectivity index (χ3n) is 6.01. The lowest BCUT2D eigenvalue weighted by atomic mass is 10.3. The molecule has 10 heteroatoms. The van der Waals surface area contributed by atoms with Crippen molar-refractivity contribution in [2.75, 3.05) is 18.1 Å². The van der Waals surface area contributed by atoms with Gasteiger partial charge in [-0.15, -0.1) is 11.3 Å². The number of para-hydroxylation sites is 2. The summed E-state index contributed by atoms with van der Waals surface area (Å²) in [5.41, 5.74) is 1.17. The van der Waals surface area contributed by atoms with E-state index in [1.165, 1.54) is 22.1 Å². The number of carbonyl (C=O) groups excluding carboxylic acids is 1. The maximum Gasteiger partial charge on any atom is 0.332 e. The van der Waals surface area contributed by atoms with Crippen LogP contribution in [0, 0.1) is 9.88 Å². The number of aromatic nitrogens is 3. The van der Waals surface area contributed by atoms with Crippen LogP contribution < -0.4 is 25.9 Å². The summed E-state index contributed by atoms with van der Waals surface area (Å²) in [5, 5.41) is 4.46. The van der Waals surface area contributed by atoms with Crippen molar-refractivity contribution < 1.29 is 9.53 Å². The van der Waals surface area contributed by atoms with E-state index >= 15 is 0 Å². The van der Waals surface area contributed by atoms with Gasteiger partial charge in [0.25, 0.3) is 11.1 Å². The zero-order valence-electron chi connectivity index (χ0n) is 20.7. The number of H-pyrrole nitrogens is 1. The van der Waals surface area contributed by atoms with E-state index in [1.54, 1.807) is 35.4 Å². The first-order valence-electron chi connectivity index (χ1n) is 12.1. The molecule has 0 unspecified atom stereocenters. The van der Waals surface area contributed by atoms with Gasteiger partial charge in [-0.2, -0.15) is 0 Å². The lowest BCUT2D eigenvalue weighted by Gasteiger charge is -2.16. The number of thioether (sulfide) groups is 1. The average Bonchev–Trinajstić information content (AvgIpc) is 3.54. The summed E-state index contributed by atoms with van der Waals surface area (Å²) in [6, 6.07) is 17.2. The molecule has 4 aromatic rings. The number of fused-ring (bicyclic) bond motifs is 1. The number of thiazole rings is 1. The molecule has 0 radical (unpaired) electrons. The maximum absolute atomic E-state index is 13.8. The van der Waals surface area contributed by atoms with Crippen LogP contribution in [0.1, 0.15) is 20.8 Å². The van der Waals surface area contributed by atoms with Crippen LogP contribution in [0.15, 0.2) is 69.1 Å². The van der Waals surface area contributed by atoms with E-state index in [4.69, 9.17) is 4.74 Å². The van der Waals surface area contributed by atoms with Crippen LogP contribution in [0.5, 0.6) is 0 Å². The number of ether oxygens (including phenoxy) is 1. The second-order valence-corrected chi connectivity index (χ2v) is 10.2. The number of hydrogen-bond donors (Lipinski definition) is 1. The van der Waals surface area contributed by atoms with Gasteiger partial charge in [0.15, 0.2) is 0 Å². The highest BCUT2D eigenvalue weighted by atomic mass is 32.2. The maximum atomic E-state index is 13.8. The number of nitrogens with one attached hydrogen (secondary N) is 1. The van der Waals surface area contributed by atoms with Gasteiger partial charge >= 0.3 is 5.97 Å². The Morgan fingerprint density at radius 1 is 0.973 bits per heavy atom. The van der Waals surface area contributed by atoms with Crippen molar-refractivity contribution in [1.82, 2.24) is 14.3 Å². The molecule has 0 bridgehead atoms. The molecule has 190 valence electrons.